The first-order valence-electron chi connectivity index (χ1n) is 43.2. The fraction of sp³-hybridized carbons (Fsp3) is 0.570. The van der Waals surface area contributed by atoms with Gasteiger partial charge in [0.25, 0.3) is 79.5 Å². The predicted octanol–water partition coefficient (Wildman–Crippen LogP) is 22.6. The predicted molar refractivity (Wildman–Crippen MR) is 467 cm³/mol. The minimum absolute atomic E-state index is 0.0201. The molecular weight excluding hydrogens is 2130 g/mol. The van der Waals surface area contributed by atoms with Gasteiger partial charge in [0.05, 0.1) is 63.0 Å². The zero-order valence-electron chi connectivity index (χ0n) is 76.3. The molecule has 1 spiro atoms. The van der Waals surface area contributed by atoms with E-state index in [9.17, 15) is 152 Å². The molecule has 0 unspecified atom stereocenters. The number of pyridine rings is 2. The van der Waals surface area contributed by atoms with E-state index in [0.717, 1.165) is 52.8 Å². The van der Waals surface area contributed by atoms with Crippen LogP contribution in [0.3, 0.4) is 0 Å². The molecule has 2 saturated heterocycles. The summed E-state index contributed by atoms with van der Waals surface area (Å²) in [6.45, 7) is 10.2. The van der Waals surface area contributed by atoms with Crippen molar-refractivity contribution in [3.05, 3.63) is 173 Å². The van der Waals surface area contributed by atoms with E-state index in [1.165, 1.54) is 36.6 Å². The quantitative estimate of drug-likeness (QED) is 0.0207. The van der Waals surface area contributed by atoms with E-state index in [0.29, 0.717) is 32.4 Å². The number of carbonyl (C=O) groups is 6. The molecule has 5 aliphatic carbocycles. The van der Waals surface area contributed by atoms with Crippen molar-refractivity contribution in [3.63, 3.8) is 0 Å². The maximum absolute atomic E-state index is 14.6. The average molecular weight is 2220 g/mol. The first-order valence-corrected chi connectivity index (χ1v) is 47.2. The van der Waals surface area contributed by atoms with E-state index < -0.39 is 313 Å². The highest BCUT2D eigenvalue weighted by Crippen LogP contribution is 2.64. The van der Waals surface area contributed by atoms with Gasteiger partial charge in [-0.3, -0.25) is 62.1 Å². The molecule has 15 rings (SSSR count). The van der Waals surface area contributed by atoms with E-state index in [2.05, 4.69) is 116 Å². The minimum atomic E-state index is -3.97. The maximum Gasteiger partial charge on any atom is 0.496 e. The van der Waals surface area contributed by atoms with Crippen LogP contribution in [0.25, 0.3) is 0 Å². The molecule has 0 radical (unpaired) electrons. The number of fused-ring (bicyclic) bond motifs is 6. The lowest BCUT2D eigenvalue weighted by Crippen LogP contribution is -2.41. The standard InChI is InChI=1S/C24H18BrF8N3O.C14H16F4N2O2S2.C13H20BNO2.C12H12F6N2O2.C11H10F4N2O2.C10H8F6N2O2.C2H6S2/c25-17-2-1-5-34-19(17)13(6-12-7-14(26)10-15(27)8-12)9-16(37)11-36-21-18(20(35-36)22(28)29)23(30,31)3-4-24(21,32)33;1-2-22-8(21)7-20-11-9(10(19-20)12(15)16)14(23-5-6-24-14)4-3-13(11,17)18;1-6-11-8-7-10(9-15-11)14-16-12(2,3)13(4,5)17-14;1-2-22-6(21)5-20-9-7(8(19-20)10(13)14)11(15,16)3-4-12(9,17)18;1-5(18)4-17-9-7(8(16-17)10(12)13)6(19)2-3-11(9,14)15;11-8(12)6-5-7(18(17-6)3-4(19)20)10(15,16)2-1-9(5,13)14;3-1-2-4/h1-2,5,7-8,10,13,22H,3-4,6,9,11H2;12H,2-7H2,1H3;7-9H,6H2,1-5H3;10H,2-5H2,1H3;10H,2-4H2,1H3;8H,1-3H2,(H,19,20);3-4H,1-2H2/t13-;;;;;;/m1....../s1. The van der Waals surface area contributed by atoms with Gasteiger partial charge in [-0.15, -0.1) is 23.5 Å². The van der Waals surface area contributed by atoms with Crippen molar-refractivity contribution in [2.24, 2.45) is 0 Å². The van der Waals surface area contributed by atoms with E-state index in [-0.39, 0.29) is 69.5 Å². The first kappa shape index (κ1) is 117. The Hall–Kier alpha value is -9.11. The van der Waals surface area contributed by atoms with Gasteiger partial charge in [0.2, 0.25) is 0 Å². The van der Waals surface area contributed by atoms with Gasteiger partial charge in [0.15, 0.2) is 17.3 Å². The van der Waals surface area contributed by atoms with Crippen LogP contribution in [-0.2, 0) is 140 Å². The number of nitrogens with zero attached hydrogens (tertiary/aromatic N) is 12. The largest absolute Gasteiger partial charge is 0.496 e. The van der Waals surface area contributed by atoms with Crippen molar-refractivity contribution >= 4 is 113 Å². The second-order valence-electron chi connectivity index (χ2n) is 33.8. The fourth-order valence-corrected chi connectivity index (χ4v) is 20.0. The number of halogens is 29. The number of ketones is 3. The summed E-state index contributed by atoms with van der Waals surface area (Å²) in [4.78, 5) is 77.7. The van der Waals surface area contributed by atoms with Crippen LogP contribution < -0.4 is 5.46 Å². The number of rotatable bonds is 25. The summed E-state index contributed by atoms with van der Waals surface area (Å²) in [6, 6.07) is 10.0. The molecular formula is C86H90BBrF28N12O11S4. The van der Waals surface area contributed by atoms with E-state index in [4.69, 9.17) is 19.2 Å². The summed E-state index contributed by atoms with van der Waals surface area (Å²) >= 11 is 13.8. The third kappa shape index (κ3) is 27.3. The van der Waals surface area contributed by atoms with Gasteiger partial charge in [0.1, 0.15) is 94.8 Å². The Morgan fingerprint density at radius 1 is 0.490 bits per heavy atom. The van der Waals surface area contributed by atoms with Crippen LogP contribution in [0.2, 0.25) is 0 Å². The molecule has 9 heterocycles. The fourth-order valence-electron chi connectivity index (χ4n) is 16.1. The van der Waals surface area contributed by atoms with Crippen LogP contribution in [0.5, 0.6) is 0 Å². The SMILES string of the molecule is CC(=O)Cn1nc(C(F)F)c2c1C(F)(F)CCC2=O.CCOC(=O)Cn1nc(C(F)F)c2c1C(F)(F)CCC2(F)F.CCOC(=O)Cn1nc(C(F)F)c2c1C(F)(F)CCC21SCCS1.CCc1ccc(B2OC(C)(C)C(C)(C)O2)cn1.O=C(C[C@@H](Cc1cc(F)cc(F)c1)c1ncccc1Br)Cn1nc(C(F)F)c2c1C(F)(F)CCC2(F)F.O=C(O)Cn1nc(C(F)F)c2c1C(F)(F)CCC2(F)F.SCCS. The Labute approximate surface area is 824 Å². The number of thiol groups is 2. The van der Waals surface area contributed by atoms with Crippen molar-refractivity contribution in [2.75, 3.05) is 36.2 Å². The van der Waals surface area contributed by atoms with Crippen molar-refractivity contribution in [2.45, 2.75) is 272 Å². The van der Waals surface area contributed by atoms with E-state index in [1.807, 2.05) is 18.3 Å². The zero-order valence-corrected chi connectivity index (χ0v) is 81.3. The Bertz CT molecular complexity index is 5830. The molecule has 57 heteroatoms. The van der Waals surface area contributed by atoms with Crippen molar-refractivity contribution in [1.82, 2.24) is 58.9 Å². The normalized spacial score (nSPS) is 18.9. The lowest BCUT2D eigenvalue weighted by Gasteiger charge is -2.36. The number of carboxylic acids is 1. The molecule has 790 valence electrons. The molecule has 1 N–H and O–H groups in total. The van der Waals surface area contributed by atoms with Gasteiger partial charge in [-0.05, 0) is 131 Å². The third-order valence-corrected chi connectivity index (χ3v) is 27.9. The molecule has 2 aliphatic heterocycles. The Kier molecular flexibility index (Phi) is 38.2. The van der Waals surface area contributed by atoms with Crippen molar-refractivity contribution in [1.29, 1.82) is 0 Å². The Balaban J connectivity index is 0.000000194. The first-order chi connectivity index (χ1) is 66.3. The summed E-state index contributed by atoms with van der Waals surface area (Å²) in [5, 5.41) is 24.9. The Morgan fingerprint density at radius 3 is 1.24 bits per heavy atom. The molecule has 0 amide bonds. The number of thioether (sulfide) groups is 2. The zero-order chi connectivity index (χ0) is 107. The van der Waals surface area contributed by atoms with Crippen LogP contribution in [0.1, 0.15) is 271 Å². The van der Waals surface area contributed by atoms with Crippen molar-refractivity contribution < 1.29 is 176 Å². The number of hydrogen-bond donors (Lipinski definition) is 3. The number of Topliss-reactive ketones (excluding diaryl/α,β-unsaturated/α-hetero) is 3. The number of hydrogen-bond acceptors (Lipinski definition) is 21. The minimum Gasteiger partial charge on any atom is -0.480 e. The van der Waals surface area contributed by atoms with Gasteiger partial charge in [-0.2, -0.15) is 94.7 Å². The summed E-state index contributed by atoms with van der Waals surface area (Å²) in [7, 11) is -0.307. The number of carbonyl (C=O) groups excluding carboxylic acids is 5. The average Bonchev–Trinajstić information content (AvgIpc) is 1.57. The summed E-state index contributed by atoms with van der Waals surface area (Å²) in [5.74, 6) is -34.9. The maximum atomic E-state index is 14.6. The summed E-state index contributed by atoms with van der Waals surface area (Å²) < 4.78 is 405. The van der Waals surface area contributed by atoms with E-state index >= 15 is 0 Å². The smallest absolute Gasteiger partial charge is 0.480 e. The van der Waals surface area contributed by atoms with Gasteiger partial charge >= 0.3 is 25.0 Å². The molecule has 0 saturated carbocycles. The molecule has 0 bridgehead atoms. The molecule has 23 nitrogen and oxygen atoms in total. The second kappa shape index (κ2) is 46.5. The van der Waals surface area contributed by atoms with Crippen LogP contribution in [0, 0.1) is 11.6 Å². The molecule has 1 atom stereocenters. The lowest BCUT2D eigenvalue weighted by molar-refractivity contribution is -0.145. The second-order valence-corrected chi connectivity index (χ2v) is 38.6. The number of benzene rings is 1. The van der Waals surface area contributed by atoms with Gasteiger partial charge in [0, 0.05) is 121 Å². The highest BCUT2D eigenvalue weighted by Gasteiger charge is 2.61. The number of esters is 2. The number of carboxylic acid groups (broad SMARTS) is 1. The summed E-state index contributed by atoms with van der Waals surface area (Å²) in [6.07, 6.45) is -22.3. The van der Waals surface area contributed by atoms with Crippen LogP contribution in [0.4, 0.5) is 123 Å². The third-order valence-electron chi connectivity index (χ3n) is 22.9. The topological polar surface area (TPSA) is 274 Å². The van der Waals surface area contributed by atoms with Crippen LogP contribution in [-0.4, -0.2) is 154 Å². The highest BCUT2D eigenvalue weighted by molar-refractivity contribution is 9.10. The molecule has 7 aromatic heterocycles. The molecule has 1 aromatic carbocycles. The molecule has 143 heavy (non-hydrogen) atoms. The number of aryl methyl sites for hydroxylation is 1. The number of alkyl halides is 26. The number of aromatic nitrogens is 12. The molecule has 8 aromatic rings. The molecule has 7 aliphatic rings. The lowest BCUT2D eigenvalue weighted by atomic mass is 9.80. The summed E-state index contributed by atoms with van der Waals surface area (Å²) in [5.41, 5.74) is -15.1. The highest BCUT2D eigenvalue weighted by atomic mass is 79.9. The van der Waals surface area contributed by atoms with Gasteiger partial charge < -0.3 is 23.9 Å². The monoisotopic (exact) mass is 2220 g/mol. The van der Waals surface area contributed by atoms with Crippen LogP contribution in [0.15, 0.2) is 59.3 Å². The van der Waals surface area contributed by atoms with Crippen LogP contribution >= 0.6 is 64.7 Å². The van der Waals surface area contributed by atoms with Gasteiger partial charge in [-0.25, -0.2) is 79.0 Å². The number of aliphatic carboxylic acids is 1. The van der Waals surface area contributed by atoms with Gasteiger partial charge in [-0.1, -0.05) is 13.0 Å². The Morgan fingerprint density at radius 2 is 0.867 bits per heavy atom. The molecule has 2 fully saturated rings. The van der Waals surface area contributed by atoms with Crippen molar-refractivity contribution in [3.8, 4) is 0 Å². The van der Waals surface area contributed by atoms with E-state index in [1.54, 1.807) is 19.1 Å². The number of ether oxygens (including phenoxy) is 2.